The lowest BCUT2D eigenvalue weighted by Crippen LogP contribution is -1.91. The molecule has 2 aromatic carbocycles. The molecule has 3 heteroatoms. The highest BCUT2D eigenvalue weighted by Gasteiger charge is 2.08. The second-order valence-electron chi connectivity index (χ2n) is 7.14. The minimum Gasteiger partial charge on any atom is -0.252 e. The van der Waals surface area contributed by atoms with Crippen molar-refractivity contribution in [2.45, 2.75) is 41.5 Å². The first-order valence-corrected chi connectivity index (χ1v) is 10.0. The zero-order valence-electron chi connectivity index (χ0n) is 16.9. The number of hydrogen-bond acceptors (Lipinski definition) is 3. The van der Waals surface area contributed by atoms with Crippen LogP contribution in [0.25, 0.3) is 0 Å². The molecule has 3 aromatic rings. The van der Waals surface area contributed by atoms with Crippen LogP contribution in [0.5, 0.6) is 0 Å². The van der Waals surface area contributed by atoms with E-state index >= 15 is 0 Å². The van der Waals surface area contributed by atoms with Gasteiger partial charge in [0.05, 0.1) is 22.8 Å². The lowest BCUT2D eigenvalue weighted by atomic mass is 10.1. The van der Waals surface area contributed by atoms with Crippen LogP contribution in [0, 0.1) is 27.7 Å². The predicted octanol–water partition coefficient (Wildman–Crippen LogP) is 7.26. The van der Waals surface area contributed by atoms with Crippen LogP contribution in [0.2, 0.25) is 0 Å². The average molecular weight is 375 g/mol. The van der Waals surface area contributed by atoms with E-state index in [9.17, 15) is 0 Å². The highest BCUT2D eigenvalue weighted by atomic mass is 32.1. The first-order valence-electron chi connectivity index (χ1n) is 9.19. The molecule has 0 aliphatic heterocycles. The van der Waals surface area contributed by atoms with E-state index in [1.165, 1.54) is 32.0 Å². The van der Waals surface area contributed by atoms with Crippen molar-refractivity contribution in [1.29, 1.82) is 0 Å². The number of aliphatic imine (C=N–C) groups is 2. The maximum Gasteiger partial charge on any atom is 0.0662 e. The zero-order chi connectivity index (χ0) is 19.6. The number of nitrogens with zero attached hydrogens (tertiary/aromatic N) is 2. The topological polar surface area (TPSA) is 24.7 Å². The monoisotopic (exact) mass is 374 g/mol. The lowest BCUT2D eigenvalue weighted by Gasteiger charge is -2.04. The van der Waals surface area contributed by atoms with E-state index in [-0.39, 0.29) is 0 Å². The van der Waals surface area contributed by atoms with Crippen molar-refractivity contribution in [3.05, 3.63) is 80.5 Å². The Labute approximate surface area is 166 Å². The summed E-state index contributed by atoms with van der Waals surface area (Å²) in [6.45, 7) is 12.6. The van der Waals surface area contributed by atoms with Gasteiger partial charge in [0.25, 0.3) is 0 Å². The summed E-state index contributed by atoms with van der Waals surface area (Å²) in [7, 11) is 0. The molecule has 0 amide bonds. The Morgan fingerprint density at radius 3 is 1.41 bits per heavy atom. The molecule has 0 saturated heterocycles. The van der Waals surface area contributed by atoms with Crippen molar-refractivity contribution in [3.8, 4) is 0 Å². The van der Waals surface area contributed by atoms with Gasteiger partial charge in [-0.1, -0.05) is 35.4 Å². The van der Waals surface area contributed by atoms with Crippen LogP contribution in [-0.4, -0.2) is 11.4 Å². The largest absolute Gasteiger partial charge is 0.252 e. The minimum atomic E-state index is 1.04. The van der Waals surface area contributed by atoms with Crippen molar-refractivity contribution in [2.75, 3.05) is 0 Å². The van der Waals surface area contributed by atoms with E-state index in [0.29, 0.717) is 0 Å². The molecule has 138 valence electrons. The van der Waals surface area contributed by atoms with Crippen LogP contribution in [0.3, 0.4) is 0 Å². The molecular weight excluding hydrogens is 348 g/mol. The van der Waals surface area contributed by atoms with Gasteiger partial charge in [0, 0.05) is 9.75 Å². The smallest absolute Gasteiger partial charge is 0.0662 e. The van der Waals surface area contributed by atoms with Gasteiger partial charge in [-0.2, -0.15) is 0 Å². The van der Waals surface area contributed by atoms with Crippen LogP contribution in [-0.2, 0) is 0 Å². The first kappa shape index (κ1) is 19.2. The molecule has 27 heavy (non-hydrogen) atoms. The van der Waals surface area contributed by atoms with E-state index < -0.39 is 0 Å². The summed E-state index contributed by atoms with van der Waals surface area (Å²) >= 11 is 1.74. The summed E-state index contributed by atoms with van der Waals surface area (Å²) in [4.78, 5) is 12.0. The van der Waals surface area contributed by atoms with Gasteiger partial charge in [-0.3, -0.25) is 9.98 Å². The number of aryl methyl sites for hydroxylation is 4. The minimum absolute atomic E-state index is 1.04. The fraction of sp³-hybridized carbons (Fsp3) is 0.250. The average Bonchev–Trinajstić information content (AvgIpc) is 3.10. The van der Waals surface area contributed by atoms with Gasteiger partial charge in [-0.25, -0.2) is 0 Å². The molecular formula is C24H26N2S. The molecule has 0 atom stereocenters. The molecule has 0 radical (unpaired) electrons. The molecule has 0 aliphatic rings. The Morgan fingerprint density at radius 2 is 1.04 bits per heavy atom. The fourth-order valence-corrected chi connectivity index (χ4v) is 3.96. The fourth-order valence-electron chi connectivity index (χ4n) is 3.06. The number of hydrogen-bond donors (Lipinski definition) is 0. The number of rotatable bonds is 4. The van der Waals surface area contributed by atoms with Gasteiger partial charge >= 0.3 is 0 Å². The van der Waals surface area contributed by atoms with Gasteiger partial charge in [0.15, 0.2) is 0 Å². The Morgan fingerprint density at radius 1 is 0.630 bits per heavy atom. The molecule has 0 bridgehead atoms. The summed E-state index contributed by atoms with van der Waals surface area (Å²) in [5.74, 6) is 0. The standard InChI is InChI=1S/C24H26N2S/c1-15-7-9-21(17(3)13-15)25-19(5)23-11-12-24(27-23)20(6)26-22-10-8-16(2)14-18(22)4/h7-14H,1-6H3. The Kier molecular flexibility index (Phi) is 5.71. The van der Waals surface area contributed by atoms with Crippen LogP contribution in [0.1, 0.15) is 45.9 Å². The summed E-state index contributed by atoms with van der Waals surface area (Å²) in [6, 6.07) is 17.0. The highest BCUT2D eigenvalue weighted by Crippen LogP contribution is 2.26. The molecule has 1 aromatic heterocycles. The van der Waals surface area contributed by atoms with E-state index in [4.69, 9.17) is 9.98 Å². The molecule has 0 N–H and O–H groups in total. The molecule has 0 fully saturated rings. The maximum absolute atomic E-state index is 4.84. The van der Waals surface area contributed by atoms with E-state index in [0.717, 1.165) is 22.8 Å². The van der Waals surface area contributed by atoms with Gasteiger partial charge in [0.2, 0.25) is 0 Å². The molecule has 3 rings (SSSR count). The van der Waals surface area contributed by atoms with E-state index in [1.54, 1.807) is 11.3 Å². The highest BCUT2D eigenvalue weighted by molar-refractivity contribution is 7.16. The second kappa shape index (κ2) is 8.01. The van der Waals surface area contributed by atoms with Crippen molar-refractivity contribution in [2.24, 2.45) is 9.98 Å². The summed E-state index contributed by atoms with van der Waals surface area (Å²) in [5, 5.41) is 0. The van der Waals surface area contributed by atoms with Gasteiger partial charge < -0.3 is 0 Å². The van der Waals surface area contributed by atoms with Crippen molar-refractivity contribution >= 4 is 34.1 Å². The second-order valence-corrected chi connectivity index (χ2v) is 8.22. The van der Waals surface area contributed by atoms with Crippen molar-refractivity contribution < 1.29 is 0 Å². The molecule has 2 nitrogen and oxygen atoms in total. The van der Waals surface area contributed by atoms with Crippen LogP contribution >= 0.6 is 11.3 Å². The van der Waals surface area contributed by atoms with Gasteiger partial charge in [-0.15, -0.1) is 11.3 Å². The first-order chi connectivity index (χ1) is 12.8. The molecule has 0 saturated carbocycles. The van der Waals surface area contributed by atoms with Gasteiger partial charge in [0.1, 0.15) is 0 Å². The summed E-state index contributed by atoms with van der Waals surface area (Å²) < 4.78 is 0. The van der Waals surface area contributed by atoms with Gasteiger partial charge in [-0.05, 0) is 76.9 Å². The third-order valence-corrected chi connectivity index (χ3v) is 5.90. The normalized spacial score (nSPS) is 12.5. The van der Waals surface area contributed by atoms with E-state index in [2.05, 4.69) is 90.1 Å². The lowest BCUT2D eigenvalue weighted by molar-refractivity contribution is 1.34. The predicted molar refractivity (Wildman–Crippen MR) is 120 cm³/mol. The summed E-state index contributed by atoms with van der Waals surface area (Å²) in [6.07, 6.45) is 0. The van der Waals surface area contributed by atoms with Crippen LogP contribution in [0.4, 0.5) is 11.4 Å². The Bertz CT molecular complexity index is 956. The maximum atomic E-state index is 4.84. The third kappa shape index (κ3) is 4.61. The quantitative estimate of drug-likeness (QED) is 0.429. The van der Waals surface area contributed by atoms with Crippen LogP contribution in [0.15, 0.2) is 58.5 Å². The molecule has 1 heterocycles. The molecule has 0 spiro atoms. The van der Waals surface area contributed by atoms with Crippen LogP contribution < -0.4 is 0 Å². The van der Waals surface area contributed by atoms with E-state index in [1.807, 2.05) is 0 Å². The number of thiophene rings is 1. The summed E-state index contributed by atoms with van der Waals surface area (Å²) in [5.41, 5.74) is 9.09. The Balaban J connectivity index is 1.87. The third-order valence-electron chi connectivity index (χ3n) is 4.60. The van der Waals surface area contributed by atoms with Crippen molar-refractivity contribution in [1.82, 2.24) is 0 Å². The van der Waals surface area contributed by atoms with Crippen molar-refractivity contribution in [3.63, 3.8) is 0 Å². The zero-order valence-corrected chi connectivity index (χ0v) is 17.7. The number of benzene rings is 2. The molecule has 0 aliphatic carbocycles. The Hall–Kier alpha value is -2.52. The molecule has 0 unspecified atom stereocenters. The SMILES string of the molecule is CC(=Nc1ccc(C)cc1C)c1ccc(C(C)=Nc2ccc(C)cc2C)s1.